The van der Waals surface area contributed by atoms with Gasteiger partial charge in [0, 0.05) is 15.6 Å². The van der Waals surface area contributed by atoms with Crippen molar-refractivity contribution in [3.63, 3.8) is 0 Å². The van der Waals surface area contributed by atoms with Crippen molar-refractivity contribution in [2.75, 3.05) is 0 Å². The number of rotatable bonds is 2. The molecular weight excluding hydrogens is 285 g/mol. The number of benzene rings is 2. The molecule has 0 saturated heterocycles. The number of hydrogen-bond acceptors (Lipinski definition) is 2. The second-order valence-corrected chi connectivity index (χ2v) is 5.55. The summed E-state index contributed by atoms with van der Waals surface area (Å²) in [6.45, 7) is 0. The van der Waals surface area contributed by atoms with Crippen molar-refractivity contribution < 1.29 is 18.3 Å². The zero-order valence-corrected chi connectivity index (χ0v) is 10.9. The lowest BCUT2D eigenvalue weighted by Crippen LogP contribution is -1.98. The standard InChI is InChI=1S/C15H9F3OS/c16-10-2-1-8-5-14(20-13(8)7-10)15(19)9-3-11(17)6-12(18)4-9/h1-7,15,19H. The average molecular weight is 294 g/mol. The maximum atomic E-state index is 13.2. The van der Waals surface area contributed by atoms with Gasteiger partial charge in [0.15, 0.2) is 0 Å². The topological polar surface area (TPSA) is 20.2 Å². The van der Waals surface area contributed by atoms with E-state index in [1.165, 1.54) is 23.5 Å². The molecule has 3 aromatic rings. The monoisotopic (exact) mass is 294 g/mol. The largest absolute Gasteiger partial charge is 0.383 e. The first kappa shape index (κ1) is 13.1. The van der Waals surface area contributed by atoms with Crippen LogP contribution < -0.4 is 0 Å². The molecule has 20 heavy (non-hydrogen) atoms. The Morgan fingerprint density at radius 2 is 1.55 bits per heavy atom. The minimum absolute atomic E-state index is 0.134. The van der Waals surface area contributed by atoms with E-state index in [4.69, 9.17) is 0 Å². The molecule has 3 rings (SSSR count). The van der Waals surface area contributed by atoms with Crippen molar-refractivity contribution in [3.8, 4) is 0 Å². The molecule has 102 valence electrons. The molecule has 1 nitrogen and oxygen atoms in total. The predicted octanol–water partition coefficient (Wildman–Crippen LogP) is 4.40. The summed E-state index contributed by atoms with van der Waals surface area (Å²) in [6, 6.07) is 8.89. The van der Waals surface area contributed by atoms with Crippen LogP contribution in [0.1, 0.15) is 16.5 Å². The minimum atomic E-state index is -1.14. The summed E-state index contributed by atoms with van der Waals surface area (Å²) >= 11 is 1.19. The number of aliphatic hydroxyl groups is 1. The Bertz CT molecular complexity index is 762. The van der Waals surface area contributed by atoms with Crippen molar-refractivity contribution in [2.24, 2.45) is 0 Å². The summed E-state index contributed by atoms with van der Waals surface area (Å²) in [5, 5.41) is 11.0. The van der Waals surface area contributed by atoms with Gasteiger partial charge in [-0.2, -0.15) is 0 Å². The second-order valence-electron chi connectivity index (χ2n) is 4.44. The first-order valence-corrected chi connectivity index (χ1v) is 6.67. The number of hydrogen-bond donors (Lipinski definition) is 1. The average Bonchev–Trinajstić information content (AvgIpc) is 2.79. The van der Waals surface area contributed by atoms with Crippen molar-refractivity contribution in [3.05, 3.63) is 70.4 Å². The van der Waals surface area contributed by atoms with Crippen LogP contribution in [-0.4, -0.2) is 5.11 Å². The summed E-state index contributed by atoms with van der Waals surface area (Å²) in [6.07, 6.45) is -1.14. The van der Waals surface area contributed by atoms with Gasteiger partial charge in [-0.05, 0) is 41.3 Å². The summed E-state index contributed by atoms with van der Waals surface area (Å²) in [4.78, 5) is 0.510. The maximum Gasteiger partial charge on any atom is 0.126 e. The summed E-state index contributed by atoms with van der Waals surface area (Å²) < 4.78 is 40.1. The number of fused-ring (bicyclic) bond motifs is 1. The van der Waals surface area contributed by atoms with Gasteiger partial charge >= 0.3 is 0 Å². The Morgan fingerprint density at radius 1 is 0.850 bits per heavy atom. The van der Waals surface area contributed by atoms with Crippen LogP contribution in [0.4, 0.5) is 13.2 Å². The Labute approximate surface area is 116 Å². The Morgan fingerprint density at radius 3 is 2.25 bits per heavy atom. The van der Waals surface area contributed by atoms with Crippen LogP contribution in [0.15, 0.2) is 42.5 Å². The fraction of sp³-hybridized carbons (Fsp3) is 0.0667. The molecular formula is C15H9F3OS. The number of aliphatic hydroxyl groups excluding tert-OH is 1. The van der Waals surface area contributed by atoms with E-state index >= 15 is 0 Å². The summed E-state index contributed by atoms with van der Waals surface area (Å²) in [5.74, 6) is -1.85. The van der Waals surface area contributed by atoms with Gasteiger partial charge < -0.3 is 5.11 Å². The quantitative estimate of drug-likeness (QED) is 0.742. The van der Waals surface area contributed by atoms with Crippen LogP contribution in [0.2, 0.25) is 0 Å². The van der Waals surface area contributed by atoms with Crippen LogP contribution in [-0.2, 0) is 0 Å². The smallest absolute Gasteiger partial charge is 0.126 e. The van der Waals surface area contributed by atoms with E-state index < -0.39 is 17.7 Å². The zero-order valence-electron chi connectivity index (χ0n) is 10.1. The fourth-order valence-corrected chi connectivity index (χ4v) is 3.16. The van der Waals surface area contributed by atoms with E-state index in [2.05, 4.69) is 0 Å². The molecule has 0 aliphatic heterocycles. The van der Waals surface area contributed by atoms with Crippen LogP contribution >= 0.6 is 11.3 Å². The Hall–Kier alpha value is -1.85. The van der Waals surface area contributed by atoms with Crippen molar-refractivity contribution >= 4 is 21.4 Å². The fourth-order valence-electron chi connectivity index (χ4n) is 2.06. The van der Waals surface area contributed by atoms with Crippen molar-refractivity contribution in [1.82, 2.24) is 0 Å². The molecule has 0 fully saturated rings. The number of thiophene rings is 1. The Balaban J connectivity index is 2.05. The predicted molar refractivity (Wildman–Crippen MR) is 72.2 cm³/mol. The molecule has 2 aromatic carbocycles. The molecule has 0 amide bonds. The van der Waals surface area contributed by atoms with E-state index in [1.54, 1.807) is 12.1 Å². The lowest BCUT2D eigenvalue weighted by atomic mass is 10.1. The summed E-state index contributed by atoms with van der Waals surface area (Å²) in [5.41, 5.74) is 0.134. The molecule has 1 unspecified atom stereocenters. The van der Waals surface area contributed by atoms with Gasteiger partial charge in [0.1, 0.15) is 23.6 Å². The minimum Gasteiger partial charge on any atom is -0.383 e. The maximum absolute atomic E-state index is 13.2. The first-order valence-electron chi connectivity index (χ1n) is 5.86. The van der Waals surface area contributed by atoms with E-state index in [9.17, 15) is 18.3 Å². The molecule has 0 saturated carbocycles. The highest BCUT2D eigenvalue weighted by Crippen LogP contribution is 2.33. The van der Waals surface area contributed by atoms with Gasteiger partial charge in [-0.15, -0.1) is 11.3 Å². The van der Waals surface area contributed by atoms with Gasteiger partial charge in [0.25, 0.3) is 0 Å². The Kier molecular flexibility index (Phi) is 3.23. The van der Waals surface area contributed by atoms with Crippen molar-refractivity contribution in [2.45, 2.75) is 6.10 Å². The van der Waals surface area contributed by atoms with Gasteiger partial charge in [0.2, 0.25) is 0 Å². The lowest BCUT2D eigenvalue weighted by Gasteiger charge is -2.08. The van der Waals surface area contributed by atoms with Gasteiger partial charge in [-0.3, -0.25) is 0 Å². The third-order valence-corrected chi connectivity index (χ3v) is 4.12. The molecule has 0 aliphatic rings. The molecule has 1 N–H and O–H groups in total. The molecule has 1 heterocycles. The normalized spacial score (nSPS) is 12.8. The molecule has 1 aromatic heterocycles. The second kappa shape index (κ2) is 4.92. The molecule has 0 aliphatic carbocycles. The highest BCUT2D eigenvalue weighted by atomic mass is 32.1. The highest BCUT2D eigenvalue weighted by molar-refractivity contribution is 7.19. The van der Waals surface area contributed by atoms with Crippen LogP contribution in [0.25, 0.3) is 10.1 Å². The highest BCUT2D eigenvalue weighted by Gasteiger charge is 2.16. The number of halogens is 3. The zero-order chi connectivity index (χ0) is 14.3. The van der Waals surface area contributed by atoms with Gasteiger partial charge in [-0.25, -0.2) is 13.2 Å². The lowest BCUT2D eigenvalue weighted by molar-refractivity contribution is 0.223. The molecule has 1 atom stereocenters. The third kappa shape index (κ3) is 2.42. The molecule has 0 radical (unpaired) electrons. The van der Waals surface area contributed by atoms with E-state index in [0.29, 0.717) is 9.58 Å². The summed E-state index contributed by atoms with van der Waals surface area (Å²) in [7, 11) is 0. The van der Waals surface area contributed by atoms with Crippen molar-refractivity contribution in [1.29, 1.82) is 0 Å². The molecule has 5 heteroatoms. The van der Waals surface area contributed by atoms with Crippen LogP contribution in [0, 0.1) is 17.5 Å². The SMILES string of the molecule is OC(c1cc(F)cc(F)c1)c1cc2ccc(F)cc2s1. The molecule has 0 bridgehead atoms. The van der Waals surface area contributed by atoms with E-state index in [1.807, 2.05) is 0 Å². The van der Waals surface area contributed by atoms with Crippen LogP contribution in [0.3, 0.4) is 0 Å². The van der Waals surface area contributed by atoms with E-state index in [0.717, 1.165) is 23.6 Å². The van der Waals surface area contributed by atoms with Gasteiger partial charge in [-0.1, -0.05) is 6.07 Å². The van der Waals surface area contributed by atoms with Crippen LogP contribution in [0.5, 0.6) is 0 Å². The molecule has 0 spiro atoms. The first-order chi connectivity index (χ1) is 9.52. The van der Waals surface area contributed by atoms with Gasteiger partial charge in [0.05, 0.1) is 0 Å². The van der Waals surface area contributed by atoms with E-state index in [-0.39, 0.29) is 11.4 Å². The third-order valence-electron chi connectivity index (χ3n) is 2.97.